The maximum atomic E-state index is 12.6. The molecule has 9 heteroatoms. The van der Waals surface area contributed by atoms with Gasteiger partial charge in [0, 0.05) is 10.9 Å². The number of benzene rings is 1. The van der Waals surface area contributed by atoms with Gasteiger partial charge in [0.05, 0.1) is 0 Å². The minimum atomic E-state index is -5.79. The molecular weight excluding hydrogens is 351 g/mol. The highest BCUT2D eigenvalue weighted by atomic mass is 32.2. The number of aromatic nitrogens is 1. The van der Waals surface area contributed by atoms with Crippen LogP contribution in [0, 0.1) is 0 Å². The SMILES string of the molecule is O=S(=O)(Oc1nc2sccc2cc1-c1ccccc1)C(F)(F)F. The Hall–Kier alpha value is -2.13. The molecule has 0 aliphatic heterocycles. The lowest BCUT2D eigenvalue weighted by Crippen LogP contribution is -2.28. The first kappa shape index (κ1) is 15.8. The molecule has 0 saturated heterocycles. The van der Waals surface area contributed by atoms with Crippen LogP contribution in [0.3, 0.4) is 0 Å². The summed E-state index contributed by atoms with van der Waals surface area (Å²) in [5, 5.41) is 2.39. The molecule has 0 aliphatic carbocycles. The average molecular weight is 359 g/mol. The van der Waals surface area contributed by atoms with E-state index in [4.69, 9.17) is 0 Å². The van der Waals surface area contributed by atoms with Gasteiger partial charge in [-0.05, 0) is 23.1 Å². The smallest absolute Gasteiger partial charge is 0.355 e. The molecule has 0 N–H and O–H groups in total. The summed E-state index contributed by atoms with van der Waals surface area (Å²) in [4.78, 5) is 4.31. The quantitative estimate of drug-likeness (QED) is 0.520. The van der Waals surface area contributed by atoms with Gasteiger partial charge >= 0.3 is 15.6 Å². The molecule has 0 radical (unpaired) electrons. The highest BCUT2D eigenvalue weighted by Gasteiger charge is 2.49. The number of hydrogen-bond acceptors (Lipinski definition) is 5. The first-order valence-electron chi connectivity index (χ1n) is 6.22. The summed E-state index contributed by atoms with van der Waals surface area (Å²) >= 11 is 1.17. The van der Waals surface area contributed by atoms with Crippen LogP contribution in [0.1, 0.15) is 0 Å². The van der Waals surface area contributed by atoms with E-state index < -0.39 is 21.5 Å². The third-order valence-corrected chi connectivity index (χ3v) is 4.73. The number of thiophene rings is 1. The summed E-state index contributed by atoms with van der Waals surface area (Å²) < 4.78 is 64.6. The van der Waals surface area contributed by atoms with Crippen LogP contribution in [-0.2, 0) is 10.1 Å². The molecule has 0 saturated carbocycles. The van der Waals surface area contributed by atoms with E-state index in [0.29, 0.717) is 15.8 Å². The second kappa shape index (κ2) is 5.50. The number of hydrogen-bond donors (Lipinski definition) is 0. The molecule has 0 amide bonds. The van der Waals surface area contributed by atoms with Crippen molar-refractivity contribution >= 4 is 31.7 Å². The molecule has 0 unspecified atom stereocenters. The van der Waals surface area contributed by atoms with Crippen molar-refractivity contribution in [3.63, 3.8) is 0 Å². The predicted octanol–water partition coefficient (Wildman–Crippen LogP) is 4.19. The van der Waals surface area contributed by atoms with Gasteiger partial charge in [0.1, 0.15) is 4.83 Å². The molecule has 3 rings (SSSR count). The normalized spacial score (nSPS) is 12.5. The molecule has 0 bridgehead atoms. The first-order valence-corrected chi connectivity index (χ1v) is 8.51. The molecule has 120 valence electrons. The third-order valence-electron chi connectivity index (χ3n) is 2.96. The van der Waals surface area contributed by atoms with Crippen molar-refractivity contribution in [2.24, 2.45) is 0 Å². The highest BCUT2D eigenvalue weighted by molar-refractivity contribution is 7.88. The lowest BCUT2D eigenvalue weighted by molar-refractivity contribution is -0.0501. The van der Waals surface area contributed by atoms with Gasteiger partial charge in [0.2, 0.25) is 5.88 Å². The van der Waals surface area contributed by atoms with Crippen LogP contribution in [0.4, 0.5) is 13.2 Å². The van der Waals surface area contributed by atoms with Gasteiger partial charge in [0.15, 0.2) is 0 Å². The van der Waals surface area contributed by atoms with Crippen molar-refractivity contribution in [2.75, 3.05) is 0 Å². The Morgan fingerprint density at radius 1 is 1.09 bits per heavy atom. The Balaban J connectivity index is 2.19. The zero-order chi connectivity index (χ0) is 16.7. The summed E-state index contributed by atoms with van der Waals surface area (Å²) in [5.41, 5.74) is -4.85. The fourth-order valence-electron chi connectivity index (χ4n) is 1.92. The summed E-state index contributed by atoms with van der Waals surface area (Å²) in [6.07, 6.45) is 0. The van der Waals surface area contributed by atoms with E-state index in [0.717, 1.165) is 0 Å². The van der Waals surface area contributed by atoms with Crippen molar-refractivity contribution in [3.05, 3.63) is 47.8 Å². The average Bonchev–Trinajstić information content (AvgIpc) is 2.93. The number of pyridine rings is 1. The van der Waals surface area contributed by atoms with Crippen molar-refractivity contribution in [3.8, 4) is 17.0 Å². The molecule has 0 atom stereocenters. The monoisotopic (exact) mass is 359 g/mol. The van der Waals surface area contributed by atoms with E-state index >= 15 is 0 Å². The Labute approximate surface area is 133 Å². The van der Waals surface area contributed by atoms with E-state index in [1.807, 2.05) is 0 Å². The predicted molar refractivity (Wildman–Crippen MR) is 80.7 cm³/mol. The van der Waals surface area contributed by atoms with Crippen LogP contribution in [-0.4, -0.2) is 18.9 Å². The van der Waals surface area contributed by atoms with Crippen LogP contribution < -0.4 is 4.18 Å². The zero-order valence-corrected chi connectivity index (χ0v) is 12.9. The van der Waals surface area contributed by atoms with E-state index in [1.165, 1.54) is 11.3 Å². The van der Waals surface area contributed by atoms with Crippen molar-refractivity contribution in [1.82, 2.24) is 4.98 Å². The molecule has 0 aliphatic rings. The molecule has 23 heavy (non-hydrogen) atoms. The largest absolute Gasteiger partial charge is 0.534 e. The number of nitrogens with zero attached hydrogens (tertiary/aromatic N) is 1. The summed E-state index contributed by atoms with van der Waals surface area (Å²) in [6, 6.07) is 11.6. The molecule has 3 aromatic rings. The lowest BCUT2D eigenvalue weighted by atomic mass is 10.1. The van der Waals surface area contributed by atoms with Gasteiger partial charge in [-0.2, -0.15) is 21.6 Å². The van der Waals surface area contributed by atoms with Crippen LogP contribution in [0.25, 0.3) is 21.3 Å². The second-order valence-corrected chi connectivity index (χ2v) is 6.94. The van der Waals surface area contributed by atoms with Crippen LogP contribution >= 0.6 is 11.3 Å². The fourth-order valence-corrected chi connectivity index (χ4v) is 3.09. The molecule has 0 spiro atoms. The van der Waals surface area contributed by atoms with Gasteiger partial charge in [-0.25, -0.2) is 4.98 Å². The summed E-state index contributed by atoms with van der Waals surface area (Å²) in [7, 11) is -5.79. The van der Waals surface area contributed by atoms with Crippen molar-refractivity contribution in [1.29, 1.82) is 0 Å². The van der Waals surface area contributed by atoms with E-state index in [1.54, 1.807) is 47.8 Å². The number of alkyl halides is 3. The van der Waals surface area contributed by atoms with Crippen LogP contribution in [0.5, 0.6) is 5.88 Å². The van der Waals surface area contributed by atoms with Gasteiger partial charge in [0.25, 0.3) is 0 Å². The van der Waals surface area contributed by atoms with Crippen LogP contribution in [0.2, 0.25) is 0 Å². The second-order valence-electron chi connectivity index (χ2n) is 4.51. The zero-order valence-electron chi connectivity index (χ0n) is 11.2. The van der Waals surface area contributed by atoms with Gasteiger partial charge in [-0.3, -0.25) is 0 Å². The maximum absolute atomic E-state index is 12.6. The number of fused-ring (bicyclic) bond motifs is 1. The molecule has 4 nitrogen and oxygen atoms in total. The number of halogens is 3. The van der Waals surface area contributed by atoms with E-state index in [9.17, 15) is 21.6 Å². The van der Waals surface area contributed by atoms with Crippen LogP contribution in [0.15, 0.2) is 47.8 Å². The summed E-state index contributed by atoms with van der Waals surface area (Å²) in [5.74, 6) is -0.594. The van der Waals surface area contributed by atoms with Gasteiger partial charge < -0.3 is 4.18 Å². The Morgan fingerprint density at radius 2 is 1.78 bits per heavy atom. The standard InChI is InChI=1S/C14H8F3NO3S2/c15-14(16,17)23(19,20)21-12-11(9-4-2-1-3-5-9)8-10-6-7-22-13(10)18-12/h1-8H. The van der Waals surface area contributed by atoms with Crippen molar-refractivity contribution in [2.45, 2.75) is 5.51 Å². The summed E-state index contributed by atoms with van der Waals surface area (Å²) in [6.45, 7) is 0. The molecular formula is C14H8F3NO3S2. The van der Waals surface area contributed by atoms with Gasteiger partial charge in [-0.1, -0.05) is 30.3 Å². The minimum Gasteiger partial charge on any atom is -0.355 e. The first-order chi connectivity index (χ1) is 10.8. The Bertz CT molecular complexity index is 950. The Kier molecular flexibility index (Phi) is 3.77. The minimum absolute atomic E-state index is 0.171. The molecule has 2 aromatic heterocycles. The molecule has 2 heterocycles. The van der Waals surface area contributed by atoms with E-state index in [2.05, 4.69) is 9.17 Å². The van der Waals surface area contributed by atoms with E-state index in [-0.39, 0.29) is 5.56 Å². The fraction of sp³-hybridized carbons (Fsp3) is 0.0714. The van der Waals surface area contributed by atoms with Gasteiger partial charge in [-0.15, -0.1) is 11.3 Å². The topological polar surface area (TPSA) is 56.3 Å². The molecule has 1 aromatic carbocycles. The Morgan fingerprint density at radius 3 is 2.43 bits per heavy atom. The van der Waals surface area contributed by atoms with Crippen molar-refractivity contribution < 1.29 is 25.8 Å². The highest BCUT2D eigenvalue weighted by Crippen LogP contribution is 2.36. The lowest BCUT2D eigenvalue weighted by Gasteiger charge is -2.12. The molecule has 0 fully saturated rings. The third kappa shape index (κ3) is 3.02. The number of rotatable bonds is 3. The maximum Gasteiger partial charge on any atom is 0.534 e.